The first kappa shape index (κ1) is 17.9. The Morgan fingerprint density at radius 2 is 2.00 bits per heavy atom. The monoisotopic (exact) mass is 328 g/mol. The van der Waals surface area contributed by atoms with Crippen LogP contribution in [0.25, 0.3) is 5.69 Å². The van der Waals surface area contributed by atoms with Crippen molar-refractivity contribution < 1.29 is 14.3 Å². The number of aromatic nitrogens is 2. The van der Waals surface area contributed by atoms with Crippen LogP contribution in [0.4, 0.5) is 0 Å². The van der Waals surface area contributed by atoms with E-state index >= 15 is 0 Å². The van der Waals surface area contributed by atoms with E-state index in [2.05, 4.69) is 5.10 Å². The molecule has 0 saturated carbocycles. The molecule has 0 fully saturated rings. The first-order chi connectivity index (χ1) is 11.2. The number of hydrogen-bond donors (Lipinski definition) is 0. The number of hydrogen-bond acceptors (Lipinski definition) is 4. The van der Waals surface area contributed by atoms with Gasteiger partial charge in [-0.15, -0.1) is 0 Å². The van der Waals surface area contributed by atoms with E-state index in [-0.39, 0.29) is 12.4 Å². The van der Waals surface area contributed by atoms with E-state index in [1.54, 1.807) is 0 Å². The lowest BCUT2D eigenvalue weighted by Gasteiger charge is -2.21. The minimum atomic E-state index is -0.559. The topological polar surface area (TPSA) is 61.2 Å². The number of aldehydes is 1. The van der Waals surface area contributed by atoms with Gasteiger partial charge < -0.3 is 9.53 Å². The van der Waals surface area contributed by atoms with Crippen LogP contribution >= 0.6 is 0 Å². The molecule has 2 aromatic rings. The van der Waals surface area contributed by atoms with E-state index in [9.17, 15) is 9.59 Å². The van der Waals surface area contributed by atoms with Crippen molar-refractivity contribution in [3.05, 3.63) is 47.3 Å². The molecule has 0 bridgehead atoms. The van der Waals surface area contributed by atoms with Crippen LogP contribution in [0.15, 0.2) is 30.3 Å². The summed E-state index contributed by atoms with van der Waals surface area (Å²) in [6, 6.07) is 9.52. The number of ether oxygens (including phenoxy) is 1. The number of esters is 1. The highest BCUT2D eigenvalue weighted by atomic mass is 16.6. The maximum atomic E-state index is 12.0. The van der Waals surface area contributed by atoms with Crippen LogP contribution in [0.2, 0.25) is 0 Å². The molecule has 0 radical (unpaired) electrons. The molecule has 0 aliphatic carbocycles. The average Bonchev–Trinajstić information content (AvgIpc) is 2.82. The predicted octanol–water partition coefficient (Wildman–Crippen LogP) is 3.50. The molecule has 1 unspecified atom stereocenters. The molecule has 1 atom stereocenters. The van der Waals surface area contributed by atoms with Crippen molar-refractivity contribution in [3.63, 3.8) is 0 Å². The van der Waals surface area contributed by atoms with Crippen molar-refractivity contribution >= 4 is 12.3 Å². The van der Waals surface area contributed by atoms with Crippen LogP contribution in [-0.4, -0.2) is 27.6 Å². The van der Waals surface area contributed by atoms with Gasteiger partial charge in [0, 0.05) is 5.69 Å². The normalized spacial score (nSPS) is 12.7. The Hall–Kier alpha value is -2.43. The summed E-state index contributed by atoms with van der Waals surface area (Å²) in [6.45, 7) is 9.34. The highest BCUT2D eigenvalue weighted by molar-refractivity contribution is 5.77. The molecule has 5 heteroatoms. The smallest absolute Gasteiger partial charge is 0.307 e. The third-order valence-electron chi connectivity index (χ3n) is 3.52. The van der Waals surface area contributed by atoms with Gasteiger partial charge in [-0.25, -0.2) is 4.68 Å². The Labute approximate surface area is 142 Å². The number of aryl methyl sites for hydroxylation is 2. The number of carbonyl (C=O) groups is 2. The average molecular weight is 328 g/mol. The summed E-state index contributed by atoms with van der Waals surface area (Å²) in [7, 11) is 0. The molecule has 24 heavy (non-hydrogen) atoms. The first-order valence-electron chi connectivity index (χ1n) is 8.00. The number of nitrogens with zero attached hydrogens (tertiary/aromatic N) is 2. The molecule has 0 saturated heterocycles. The number of benzene rings is 1. The van der Waals surface area contributed by atoms with E-state index in [1.165, 1.54) is 0 Å². The van der Waals surface area contributed by atoms with Crippen molar-refractivity contribution in [2.24, 2.45) is 0 Å². The van der Waals surface area contributed by atoms with Gasteiger partial charge in [0.2, 0.25) is 0 Å². The van der Waals surface area contributed by atoms with Crippen LogP contribution < -0.4 is 0 Å². The molecule has 2 rings (SSSR count). The fourth-order valence-corrected chi connectivity index (χ4v) is 2.58. The molecule has 0 N–H and O–H groups in total. The van der Waals surface area contributed by atoms with Gasteiger partial charge in [-0.2, -0.15) is 5.10 Å². The highest BCUT2D eigenvalue weighted by Crippen LogP contribution is 2.23. The predicted molar refractivity (Wildman–Crippen MR) is 92.3 cm³/mol. The van der Waals surface area contributed by atoms with Crippen LogP contribution in [0.5, 0.6) is 0 Å². The summed E-state index contributed by atoms with van der Waals surface area (Å²) >= 11 is 0. The van der Waals surface area contributed by atoms with Crippen molar-refractivity contribution in [1.82, 2.24) is 9.78 Å². The third kappa shape index (κ3) is 4.54. The Balaban J connectivity index is 2.24. The quantitative estimate of drug-likeness (QED) is 0.622. The van der Waals surface area contributed by atoms with Crippen molar-refractivity contribution in [2.75, 3.05) is 0 Å². The molecular formula is C19H24N2O3. The zero-order chi connectivity index (χ0) is 17.9. The van der Waals surface area contributed by atoms with Crippen LogP contribution in [0.3, 0.4) is 0 Å². The lowest BCUT2D eigenvalue weighted by molar-refractivity contribution is -0.155. The molecule has 0 amide bonds. The minimum Gasteiger partial charge on any atom is -0.460 e. The summed E-state index contributed by atoms with van der Waals surface area (Å²) in [4.78, 5) is 23.5. The van der Waals surface area contributed by atoms with E-state index in [0.717, 1.165) is 28.9 Å². The first-order valence-corrected chi connectivity index (χ1v) is 8.00. The lowest BCUT2D eigenvalue weighted by atomic mass is 9.96. The summed E-state index contributed by atoms with van der Waals surface area (Å²) < 4.78 is 7.14. The maximum absolute atomic E-state index is 12.0. The Morgan fingerprint density at radius 3 is 2.54 bits per heavy atom. The molecule has 128 valence electrons. The summed E-state index contributed by atoms with van der Waals surface area (Å²) in [6.07, 6.45) is 0.825. The van der Waals surface area contributed by atoms with Crippen LogP contribution in [-0.2, 0) is 14.3 Å². The number of rotatable bonds is 5. The van der Waals surface area contributed by atoms with Crippen molar-refractivity contribution in [2.45, 2.75) is 52.6 Å². The highest BCUT2D eigenvalue weighted by Gasteiger charge is 2.21. The molecule has 1 aromatic heterocycles. The van der Waals surface area contributed by atoms with Gasteiger partial charge in [0.05, 0.1) is 23.7 Å². The van der Waals surface area contributed by atoms with E-state index in [0.29, 0.717) is 0 Å². The van der Waals surface area contributed by atoms with E-state index in [1.807, 2.05) is 69.6 Å². The molecule has 0 aliphatic rings. The largest absolute Gasteiger partial charge is 0.460 e. The van der Waals surface area contributed by atoms with Crippen LogP contribution in [0.1, 0.15) is 50.1 Å². The summed E-state index contributed by atoms with van der Waals surface area (Å²) in [5.41, 5.74) is 3.03. The summed E-state index contributed by atoms with van der Waals surface area (Å²) in [5, 5.41) is 4.45. The van der Waals surface area contributed by atoms with Gasteiger partial charge in [-0.05, 0) is 58.4 Å². The molecule has 1 heterocycles. The summed E-state index contributed by atoms with van der Waals surface area (Å²) in [5.74, 6) is -0.909. The molecule has 1 aromatic carbocycles. The van der Waals surface area contributed by atoms with Crippen molar-refractivity contribution in [3.8, 4) is 5.69 Å². The lowest BCUT2D eigenvalue weighted by Crippen LogP contribution is -2.25. The molecule has 0 aliphatic heterocycles. The van der Waals surface area contributed by atoms with Gasteiger partial charge in [0.25, 0.3) is 0 Å². The zero-order valence-electron chi connectivity index (χ0n) is 14.9. The van der Waals surface area contributed by atoms with E-state index < -0.39 is 11.5 Å². The number of carbonyl (C=O) groups excluding carboxylic acids is 2. The zero-order valence-corrected chi connectivity index (χ0v) is 14.9. The van der Waals surface area contributed by atoms with Gasteiger partial charge in [-0.3, -0.25) is 4.79 Å². The standard InChI is InChI=1S/C19H24N2O3/c1-13-9-14(2)21(20-13)17-8-6-7-15(10-17)16(12-22)11-18(23)24-19(3,4)5/h6-10,12,16H,11H2,1-5H3. The van der Waals surface area contributed by atoms with Crippen LogP contribution in [0, 0.1) is 13.8 Å². The molecular weight excluding hydrogens is 304 g/mol. The van der Waals surface area contributed by atoms with Gasteiger partial charge in [-0.1, -0.05) is 12.1 Å². The fraction of sp³-hybridized carbons (Fsp3) is 0.421. The second-order valence-corrected chi connectivity index (χ2v) is 6.97. The third-order valence-corrected chi connectivity index (χ3v) is 3.52. The van der Waals surface area contributed by atoms with Gasteiger partial charge in [0.15, 0.2) is 0 Å². The fourth-order valence-electron chi connectivity index (χ4n) is 2.58. The minimum absolute atomic E-state index is 0.0291. The Morgan fingerprint density at radius 1 is 1.29 bits per heavy atom. The van der Waals surface area contributed by atoms with Crippen molar-refractivity contribution in [1.29, 1.82) is 0 Å². The Bertz CT molecular complexity index is 741. The second kappa shape index (κ2) is 6.99. The molecule has 0 spiro atoms. The molecule has 5 nitrogen and oxygen atoms in total. The Kier molecular flexibility index (Phi) is 5.22. The van der Waals surface area contributed by atoms with Gasteiger partial charge in [0.1, 0.15) is 11.9 Å². The second-order valence-electron chi connectivity index (χ2n) is 6.97. The SMILES string of the molecule is Cc1cc(C)n(-c2cccc(C(C=O)CC(=O)OC(C)(C)C)c2)n1. The van der Waals surface area contributed by atoms with E-state index in [4.69, 9.17) is 4.74 Å². The maximum Gasteiger partial charge on any atom is 0.307 e. The van der Waals surface area contributed by atoms with Gasteiger partial charge >= 0.3 is 5.97 Å².